The lowest BCUT2D eigenvalue weighted by molar-refractivity contribution is 0.377. The summed E-state index contributed by atoms with van der Waals surface area (Å²) in [7, 11) is 7.55. The maximum absolute atomic E-state index is 5.65. The van der Waals surface area contributed by atoms with Crippen molar-refractivity contribution in [2.75, 3.05) is 39.8 Å². The molecule has 0 saturated heterocycles. The number of nitrogens with one attached hydrogen (secondary N) is 1. The summed E-state index contributed by atoms with van der Waals surface area (Å²) >= 11 is 0. The maximum Gasteiger partial charge on any atom is 0.127 e. The summed E-state index contributed by atoms with van der Waals surface area (Å²) in [5, 5.41) is 3.64. The monoisotopic (exact) mass is 326 g/mol. The van der Waals surface area contributed by atoms with E-state index in [1.807, 2.05) is 6.07 Å². The Bertz CT molecular complexity index is 678. The largest absolute Gasteiger partial charge is 0.497 e. The summed E-state index contributed by atoms with van der Waals surface area (Å²) in [5.41, 5.74) is 5.13. The van der Waals surface area contributed by atoms with E-state index < -0.39 is 0 Å². The van der Waals surface area contributed by atoms with Crippen LogP contribution in [0.4, 0.5) is 5.69 Å². The molecule has 1 atom stereocenters. The molecule has 0 spiro atoms. The van der Waals surface area contributed by atoms with E-state index in [1.54, 1.807) is 14.2 Å². The average molecular weight is 326 g/mol. The van der Waals surface area contributed by atoms with Crippen molar-refractivity contribution in [3.63, 3.8) is 0 Å². The molecule has 2 aromatic carbocycles. The van der Waals surface area contributed by atoms with Gasteiger partial charge in [-0.2, -0.15) is 0 Å². The van der Waals surface area contributed by atoms with Crippen molar-refractivity contribution in [1.29, 1.82) is 0 Å². The first-order valence-electron chi connectivity index (χ1n) is 8.37. The minimum atomic E-state index is 0.264. The predicted octanol–water partition coefficient (Wildman–Crippen LogP) is 3.20. The number of nitrogens with zero attached hydrogens (tertiary/aromatic N) is 1. The highest BCUT2D eigenvalue weighted by atomic mass is 16.5. The Kier molecular flexibility index (Phi) is 4.95. The first kappa shape index (κ1) is 16.7. The van der Waals surface area contributed by atoms with E-state index in [1.165, 1.54) is 22.4 Å². The Morgan fingerprint density at radius 3 is 2.46 bits per heavy atom. The Labute approximate surface area is 144 Å². The van der Waals surface area contributed by atoms with Crippen molar-refractivity contribution in [3.8, 4) is 11.5 Å². The number of rotatable bonds is 5. The second kappa shape index (κ2) is 7.14. The summed E-state index contributed by atoms with van der Waals surface area (Å²) in [6, 6.07) is 13.1. The number of anilines is 1. The Balaban J connectivity index is 1.89. The highest BCUT2D eigenvalue weighted by Gasteiger charge is 2.25. The molecule has 0 aliphatic carbocycles. The summed E-state index contributed by atoms with van der Waals surface area (Å²) in [4.78, 5) is 2.12. The van der Waals surface area contributed by atoms with E-state index in [0.29, 0.717) is 0 Å². The van der Waals surface area contributed by atoms with Crippen LogP contribution in [0.25, 0.3) is 0 Å². The number of benzene rings is 2. The second-order valence-corrected chi connectivity index (χ2v) is 6.42. The third-order valence-corrected chi connectivity index (χ3v) is 4.68. The van der Waals surface area contributed by atoms with Gasteiger partial charge < -0.3 is 19.7 Å². The fraction of sp³-hybridized carbons (Fsp3) is 0.400. The lowest BCUT2D eigenvalue weighted by atomic mass is 9.89. The van der Waals surface area contributed by atoms with Crippen LogP contribution in [0.2, 0.25) is 0 Å². The zero-order valence-electron chi connectivity index (χ0n) is 14.9. The van der Waals surface area contributed by atoms with Crippen molar-refractivity contribution in [1.82, 2.24) is 5.32 Å². The minimum absolute atomic E-state index is 0.264. The van der Waals surface area contributed by atoms with Crippen LogP contribution in [-0.2, 0) is 12.8 Å². The van der Waals surface area contributed by atoms with Crippen LogP contribution < -0.4 is 19.7 Å². The van der Waals surface area contributed by atoms with Gasteiger partial charge in [-0.25, -0.2) is 0 Å². The molecule has 0 saturated carbocycles. The van der Waals surface area contributed by atoms with Gasteiger partial charge in [-0.15, -0.1) is 0 Å². The summed E-state index contributed by atoms with van der Waals surface area (Å²) in [6.07, 6.45) is 1.95. The minimum Gasteiger partial charge on any atom is -0.497 e. The van der Waals surface area contributed by atoms with E-state index >= 15 is 0 Å². The Hall–Kier alpha value is -2.20. The van der Waals surface area contributed by atoms with Gasteiger partial charge in [0.2, 0.25) is 0 Å². The van der Waals surface area contributed by atoms with Crippen LogP contribution in [-0.4, -0.2) is 34.9 Å². The standard InChI is InChI=1S/C20H26N2O2/c1-22(2)16-7-5-14(6-8-16)11-18-20-15(9-10-21-18)12-17(23-3)13-19(20)24-4/h5-8,12-13,18,21H,9-11H2,1-4H3. The van der Waals surface area contributed by atoms with Crippen LogP contribution in [0.1, 0.15) is 22.7 Å². The quantitative estimate of drug-likeness (QED) is 0.915. The number of fused-ring (bicyclic) bond motifs is 1. The molecular formula is C20H26N2O2. The first-order chi connectivity index (χ1) is 11.6. The fourth-order valence-electron chi connectivity index (χ4n) is 3.37. The van der Waals surface area contributed by atoms with Crippen LogP contribution in [0.3, 0.4) is 0 Å². The summed E-state index contributed by atoms with van der Waals surface area (Å²) in [5.74, 6) is 1.77. The number of hydrogen-bond donors (Lipinski definition) is 1. The van der Waals surface area contributed by atoms with Crippen molar-refractivity contribution >= 4 is 5.69 Å². The zero-order chi connectivity index (χ0) is 17.1. The fourth-order valence-corrected chi connectivity index (χ4v) is 3.37. The first-order valence-corrected chi connectivity index (χ1v) is 8.37. The molecular weight excluding hydrogens is 300 g/mol. The van der Waals surface area contributed by atoms with Crippen LogP contribution >= 0.6 is 0 Å². The molecule has 128 valence electrons. The molecule has 0 aromatic heterocycles. The van der Waals surface area contributed by atoms with Crippen molar-refractivity contribution < 1.29 is 9.47 Å². The van der Waals surface area contributed by atoms with E-state index in [0.717, 1.165) is 30.9 Å². The molecule has 3 rings (SSSR count). The molecule has 0 bridgehead atoms. The maximum atomic E-state index is 5.65. The molecule has 2 aromatic rings. The average Bonchev–Trinajstić information content (AvgIpc) is 2.61. The SMILES string of the molecule is COc1cc2c(c(OC)c1)C(Cc1ccc(N(C)C)cc1)NCC2. The second-order valence-electron chi connectivity index (χ2n) is 6.42. The lowest BCUT2D eigenvalue weighted by Gasteiger charge is -2.29. The Morgan fingerprint density at radius 1 is 1.08 bits per heavy atom. The van der Waals surface area contributed by atoms with Gasteiger partial charge in [0.1, 0.15) is 11.5 Å². The number of hydrogen-bond acceptors (Lipinski definition) is 4. The lowest BCUT2D eigenvalue weighted by Crippen LogP contribution is -2.31. The van der Waals surface area contributed by atoms with Crippen LogP contribution in [0, 0.1) is 0 Å². The molecule has 1 unspecified atom stereocenters. The van der Waals surface area contributed by atoms with E-state index in [-0.39, 0.29) is 6.04 Å². The molecule has 1 aliphatic rings. The van der Waals surface area contributed by atoms with E-state index in [9.17, 15) is 0 Å². The Morgan fingerprint density at radius 2 is 1.83 bits per heavy atom. The molecule has 4 nitrogen and oxygen atoms in total. The molecule has 1 aliphatic heterocycles. The molecule has 4 heteroatoms. The van der Waals surface area contributed by atoms with Crippen molar-refractivity contribution in [2.45, 2.75) is 18.9 Å². The van der Waals surface area contributed by atoms with Crippen molar-refractivity contribution in [2.24, 2.45) is 0 Å². The van der Waals surface area contributed by atoms with E-state index in [4.69, 9.17) is 9.47 Å². The molecule has 0 radical (unpaired) electrons. The predicted molar refractivity (Wildman–Crippen MR) is 98.5 cm³/mol. The third kappa shape index (κ3) is 3.34. The summed E-state index contributed by atoms with van der Waals surface area (Å²) < 4.78 is 11.1. The van der Waals surface area contributed by atoms with Gasteiger partial charge in [0.15, 0.2) is 0 Å². The third-order valence-electron chi connectivity index (χ3n) is 4.68. The molecule has 1 heterocycles. The van der Waals surface area contributed by atoms with Gasteiger partial charge in [-0.1, -0.05) is 12.1 Å². The highest BCUT2D eigenvalue weighted by molar-refractivity contribution is 5.51. The molecule has 24 heavy (non-hydrogen) atoms. The van der Waals surface area contributed by atoms with Gasteiger partial charge in [0.25, 0.3) is 0 Å². The smallest absolute Gasteiger partial charge is 0.127 e. The summed E-state index contributed by atoms with van der Waals surface area (Å²) in [6.45, 7) is 0.976. The van der Waals surface area contributed by atoms with Gasteiger partial charge in [0.05, 0.1) is 14.2 Å². The molecule has 0 fully saturated rings. The molecule has 1 N–H and O–H groups in total. The number of ether oxygens (including phenoxy) is 2. The van der Waals surface area contributed by atoms with Crippen molar-refractivity contribution in [3.05, 3.63) is 53.1 Å². The van der Waals surface area contributed by atoms with Crippen LogP contribution in [0.15, 0.2) is 36.4 Å². The van der Waals surface area contributed by atoms with E-state index in [2.05, 4.69) is 54.6 Å². The topological polar surface area (TPSA) is 33.7 Å². The highest BCUT2D eigenvalue weighted by Crippen LogP contribution is 2.37. The van der Waals surface area contributed by atoms with Gasteiger partial charge in [0, 0.05) is 37.5 Å². The van der Waals surface area contributed by atoms with Gasteiger partial charge in [-0.05, 0) is 48.7 Å². The number of methoxy groups -OCH3 is 2. The van der Waals surface area contributed by atoms with Crippen LogP contribution in [0.5, 0.6) is 11.5 Å². The van der Waals surface area contributed by atoms with Gasteiger partial charge in [-0.3, -0.25) is 0 Å². The van der Waals surface area contributed by atoms with Gasteiger partial charge >= 0.3 is 0 Å². The zero-order valence-corrected chi connectivity index (χ0v) is 14.9. The normalized spacial score (nSPS) is 16.4. The molecule has 0 amide bonds.